The van der Waals surface area contributed by atoms with Crippen molar-refractivity contribution in [3.63, 3.8) is 0 Å². The van der Waals surface area contributed by atoms with Crippen molar-refractivity contribution in [1.29, 1.82) is 0 Å². The Balaban J connectivity index is 1.72. The maximum Gasteiger partial charge on any atom is 0.244 e. The van der Waals surface area contributed by atoms with E-state index in [1.807, 2.05) is 31.2 Å². The third-order valence-corrected chi connectivity index (χ3v) is 5.95. The lowest BCUT2D eigenvalue weighted by Gasteiger charge is -2.26. The van der Waals surface area contributed by atoms with Gasteiger partial charge in [0.1, 0.15) is 0 Å². The van der Waals surface area contributed by atoms with Crippen LogP contribution in [0.1, 0.15) is 25.3 Å². The summed E-state index contributed by atoms with van der Waals surface area (Å²) < 4.78 is 0.970. The molecule has 1 N–H and O–H groups in total. The third-order valence-electron chi connectivity index (χ3n) is 4.79. The van der Waals surface area contributed by atoms with Crippen LogP contribution in [0.4, 0.5) is 5.69 Å². The Bertz CT molecular complexity index is 847. The summed E-state index contributed by atoms with van der Waals surface area (Å²) in [6, 6.07) is 12.8. The number of nitrogens with one attached hydrogen (secondary N) is 1. The van der Waals surface area contributed by atoms with Gasteiger partial charge in [-0.2, -0.15) is 0 Å². The van der Waals surface area contributed by atoms with Crippen molar-refractivity contribution in [2.45, 2.75) is 25.2 Å². The number of nitrogens with zero attached hydrogens (tertiary/aromatic N) is 1. The lowest BCUT2D eigenvalue weighted by Crippen LogP contribution is -2.43. The van der Waals surface area contributed by atoms with E-state index in [1.165, 1.54) is 0 Å². The zero-order chi connectivity index (χ0) is 19.6. The molecular weight excluding hydrogens is 451 g/mol. The van der Waals surface area contributed by atoms with Crippen LogP contribution in [0.5, 0.6) is 0 Å². The minimum absolute atomic E-state index is 0.0206. The highest BCUT2D eigenvalue weighted by atomic mass is 79.9. The van der Waals surface area contributed by atoms with Crippen molar-refractivity contribution in [2.75, 3.05) is 18.4 Å². The molecule has 2 aromatic rings. The second kappa shape index (κ2) is 8.21. The fourth-order valence-electron chi connectivity index (χ4n) is 3.12. The summed E-state index contributed by atoms with van der Waals surface area (Å²) in [4.78, 5) is 27.2. The Labute approximate surface area is 177 Å². The Morgan fingerprint density at radius 1 is 1.11 bits per heavy atom. The number of benzene rings is 2. The summed E-state index contributed by atoms with van der Waals surface area (Å²) in [7, 11) is 0. The summed E-state index contributed by atoms with van der Waals surface area (Å²) in [5.41, 5.74) is 0.839. The summed E-state index contributed by atoms with van der Waals surface area (Å²) in [6.07, 6.45) is 1.59. The van der Waals surface area contributed by atoms with Crippen molar-refractivity contribution in [2.24, 2.45) is 0 Å². The first-order chi connectivity index (χ1) is 12.9. The van der Waals surface area contributed by atoms with Gasteiger partial charge in [0.2, 0.25) is 11.8 Å². The van der Waals surface area contributed by atoms with E-state index >= 15 is 0 Å². The number of hydrogen-bond acceptors (Lipinski definition) is 2. The maximum atomic E-state index is 13.1. The second-order valence-electron chi connectivity index (χ2n) is 6.55. The van der Waals surface area contributed by atoms with Crippen molar-refractivity contribution in [3.05, 3.63) is 62.5 Å². The molecule has 0 atom stereocenters. The van der Waals surface area contributed by atoms with E-state index in [0.29, 0.717) is 22.3 Å². The van der Waals surface area contributed by atoms with E-state index in [4.69, 9.17) is 23.2 Å². The van der Waals surface area contributed by atoms with Gasteiger partial charge in [0, 0.05) is 11.0 Å². The quantitative estimate of drug-likeness (QED) is 0.625. The van der Waals surface area contributed by atoms with Crippen molar-refractivity contribution in [1.82, 2.24) is 4.90 Å². The molecule has 2 aromatic carbocycles. The number of likely N-dealkylation sites (N-methyl/N-ethyl adjacent to an activating group) is 1. The monoisotopic (exact) mass is 468 g/mol. The zero-order valence-electron chi connectivity index (χ0n) is 14.8. The number of carbonyl (C=O) groups excluding carboxylic acids is 2. The molecule has 0 heterocycles. The summed E-state index contributed by atoms with van der Waals surface area (Å²) >= 11 is 15.6. The largest absolute Gasteiger partial charge is 0.333 e. The van der Waals surface area contributed by atoms with Crippen LogP contribution in [-0.2, 0) is 15.0 Å². The van der Waals surface area contributed by atoms with Crippen molar-refractivity contribution < 1.29 is 9.59 Å². The van der Waals surface area contributed by atoms with Crippen LogP contribution in [0.15, 0.2) is 46.9 Å². The van der Waals surface area contributed by atoms with Gasteiger partial charge in [-0.05, 0) is 49.6 Å². The average molecular weight is 470 g/mol. The minimum Gasteiger partial charge on any atom is -0.333 e. The lowest BCUT2D eigenvalue weighted by atomic mass is 9.94. The van der Waals surface area contributed by atoms with Crippen LogP contribution in [-0.4, -0.2) is 29.8 Å². The first kappa shape index (κ1) is 20.2. The molecule has 1 aliphatic carbocycles. The molecule has 2 amide bonds. The highest BCUT2D eigenvalue weighted by Crippen LogP contribution is 2.49. The topological polar surface area (TPSA) is 49.4 Å². The van der Waals surface area contributed by atoms with E-state index in [0.717, 1.165) is 22.9 Å². The molecule has 1 saturated carbocycles. The standard InChI is InChI=1S/C20H19BrCl2N2O2/c1-2-25(12-17(26)24-18-15(22)4-3-5-16(18)23)19(27)20(10-11-20)13-6-8-14(21)9-7-13/h3-9H,2,10-12H2,1H3,(H,24,26). The molecule has 3 rings (SSSR count). The zero-order valence-corrected chi connectivity index (χ0v) is 17.9. The molecule has 1 aliphatic rings. The highest BCUT2D eigenvalue weighted by Gasteiger charge is 2.52. The number of rotatable bonds is 6. The van der Waals surface area contributed by atoms with Gasteiger partial charge < -0.3 is 10.2 Å². The Morgan fingerprint density at radius 2 is 1.70 bits per heavy atom. The van der Waals surface area contributed by atoms with Crippen LogP contribution in [0.2, 0.25) is 10.0 Å². The number of hydrogen-bond donors (Lipinski definition) is 1. The first-order valence-electron chi connectivity index (χ1n) is 8.66. The molecular formula is C20H19BrCl2N2O2. The summed E-state index contributed by atoms with van der Waals surface area (Å²) in [6.45, 7) is 2.27. The molecule has 0 spiro atoms. The molecule has 0 saturated heterocycles. The number of anilines is 1. The van der Waals surface area contributed by atoms with E-state index in [-0.39, 0.29) is 18.4 Å². The molecule has 7 heteroatoms. The van der Waals surface area contributed by atoms with Gasteiger partial charge in [0.05, 0.1) is 27.7 Å². The van der Waals surface area contributed by atoms with Gasteiger partial charge >= 0.3 is 0 Å². The van der Waals surface area contributed by atoms with Crippen LogP contribution in [0.25, 0.3) is 0 Å². The van der Waals surface area contributed by atoms with E-state index in [1.54, 1.807) is 23.1 Å². The molecule has 0 unspecified atom stereocenters. The fraction of sp³-hybridized carbons (Fsp3) is 0.300. The predicted molar refractivity (Wildman–Crippen MR) is 112 cm³/mol. The molecule has 0 radical (unpaired) electrons. The van der Waals surface area contributed by atoms with Gasteiger partial charge in [-0.15, -0.1) is 0 Å². The number of carbonyl (C=O) groups is 2. The highest BCUT2D eigenvalue weighted by molar-refractivity contribution is 9.10. The van der Waals surface area contributed by atoms with Gasteiger partial charge in [-0.25, -0.2) is 0 Å². The molecule has 142 valence electrons. The molecule has 4 nitrogen and oxygen atoms in total. The smallest absolute Gasteiger partial charge is 0.244 e. The average Bonchev–Trinajstić information content (AvgIpc) is 3.45. The lowest BCUT2D eigenvalue weighted by molar-refractivity contribution is -0.136. The Hall–Kier alpha value is -1.56. The van der Waals surface area contributed by atoms with Crippen molar-refractivity contribution >= 4 is 56.6 Å². The second-order valence-corrected chi connectivity index (χ2v) is 8.28. The van der Waals surface area contributed by atoms with Gasteiger partial charge in [-0.3, -0.25) is 9.59 Å². The normalized spacial score (nSPS) is 14.5. The minimum atomic E-state index is -0.515. The van der Waals surface area contributed by atoms with Crippen LogP contribution in [0.3, 0.4) is 0 Å². The maximum absolute atomic E-state index is 13.1. The SMILES string of the molecule is CCN(CC(=O)Nc1c(Cl)cccc1Cl)C(=O)C1(c2ccc(Br)cc2)CC1. The molecule has 1 fully saturated rings. The van der Waals surface area contributed by atoms with Gasteiger partial charge in [0.15, 0.2) is 0 Å². The molecule has 0 aromatic heterocycles. The number of halogens is 3. The molecule has 27 heavy (non-hydrogen) atoms. The van der Waals surface area contributed by atoms with Gasteiger partial charge in [0.25, 0.3) is 0 Å². The summed E-state index contributed by atoms with van der Waals surface area (Å²) in [5, 5.41) is 3.43. The molecule has 0 aliphatic heterocycles. The Kier molecular flexibility index (Phi) is 6.14. The van der Waals surface area contributed by atoms with Crippen molar-refractivity contribution in [3.8, 4) is 0 Å². The Morgan fingerprint density at radius 3 is 2.22 bits per heavy atom. The summed E-state index contributed by atoms with van der Waals surface area (Å²) in [5.74, 6) is -0.348. The van der Waals surface area contributed by atoms with Crippen LogP contribution < -0.4 is 5.32 Å². The van der Waals surface area contributed by atoms with Gasteiger partial charge in [-0.1, -0.05) is 57.3 Å². The predicted octanol–water partition coefficient (Wildman–Crippen LogP) is 5.27. The van der Waals surface area contributed by atoms with E-state index in [9.17, 15) is 9.59 Å². The third kappa shape index (κ3) is 4.31. The number of para-hydroxylation sites is 1. The van der Waals surface area contributed by atoms with Crippen LogP contribution >= 0.6 is 39.1 Å². The molecule has 0 bridgehead atoms. The van der Waals surface area contributed by atoms with Crippen LogP contribution in [0, 0.1) is 0 Å². The number of amides is 2. The first-order valence-corrected chi connectivity index (χ1v) is 10.2. The van der Waals surface area contributed by atoms with E-state index in [2.05, 4.69) is 21.2 Å². The fourth-order valence-corrected chi connectivity index (χ4v) is 3.88. The van der Waals surface area contributed by atoms with E-state index < -0.39 is 5.41 Å².